The van der Waals surface area contributed by atoms with Crippen LogP contribution in [-0.4, -0.2) is 47.4 Å². The highest BCUT2D eigenvalue weighted by atomic mass is 16.5. The van der Waals surface area contributed by atoms with Crippen molar-refractivity contribution >= 4 is 11.9 Å². The zero-order valence-corrected chi connectivity index (χ0v) is 44.0. The maximum atomic E-state index is 12.5. The number of carbonyl (C=O) groups excluding carboxylic acids is 2. The molecule has 0 aliphatic heterocycles. The molecule has 386 valence electrons. The molecule has 0 heterocycles. The molecule has 0 aromatic carbocycles. The molecule has 1 amide bonds. The van der Waals surface area contributed by atoms with Gasteiger partial charge in [0, 0.05) is 12.8 Å². The van der Waals surface area contributed by atoms with Crippen LogP contribution >= 0.6 is 0 Å². The van der Waals surface area contributed by atoms with Gasteiger partial charge >= 0.3 is 5.97 Å². The minimum atomic E-state index is -0.664. The van der Waals surface area contributed by atoms with Crippen LogP contribution < -0.4 is 5.32 Å². The van der Waals surface area contributed by atoms with E-state index in [1.165, 1.54) is 250 Å². The number of ether oxygens (including phenoxy) is 1. The number of allylic oxidation sites excluding steroid dienone is 2. The second-order valence-corrected chi connectivity index (χ2v) is 20.3. The molecule has 2 unspecified atom stereocenters. The molecule has 2 atom stereocenters. The van der Waals surface area contributed by atoms with E-state index in [-0.39, 0.29) is 18.5 Å². The summed E-state index contributed by atoms with van der Waals surface area (Å²) in [6.45, 7) is 4.95. The molecule has 0 aromatic rings. The number of nitrogens with one attached hydrogen (secondary N) is 1. The fraction of sp³-hybridized carbons (Fsp3) is 0.932. The van der Waals surface area contributed by atoms with Gasteiger partial charge in [-0.1, -0.05) is 276 Å². The first-order valence-electron chi connectivity index (χ1n) is 29.4. The molecule has 0 aromatic heterocycles. The normalized spacial score (nSPS) is 12.6. The number of aliphatic hydroxyl groups is 2. The van der Waals surface area contributed by atoms with Crippen LogP contribution in [0.2, 0.25) is 0 Å². The van der Waals surface area contributed by atoms with Gasteiger partial charge in [-0.05, 0) is 51.4 Å². The lowest BCUT2D eigenvalue weighted by Crippen LogP contribution is -2.45. The first kappa shape index (κ1) is 63.6. The summed E-state index contributed by atoms with van der Waals surface area (Å²) >= 11 is 0. The van der Waals surface area contributed by atoms with Crippen molar-refractivity contribution in [3.63, 3.8) is 0 Å². The third-order valence-electron chi connectivity index (χ3n) is 13.8. The van der Waals surface area contributed by atoms with Gasteiger partial charge in [-0.2, -0.15) is 0 Å². The predicted molar refractivity (Wildman–Crippen MR) is 283 cm³/mol. The lowest BCUT2D eigenvalue weighted by Gasteiger charge is -2.22. The Kier molecular flexibility index (Phi) is 54.0. The predicted octanol–water partition coefficient (Wildman–Crippen LogP) is 18.1. The molecule has 6 heteroatoms. The molecule has 3 N–H and O–H groups in total. The monoisotopic (exact) mass is 918 g/mol. The third-order valence-corrected chi connectivity index (χ3v) is 13.8. The topological polar surface area (TPSA) is 95.9 Å². The van der Waals surface area contributed by atoms with Crippen molar-refractivity contribution in [1.29, 1.82) is 0 Å². The maximum Gasteiger partial charge on any atom is 0.305 e. The van der Waals surface area contributed by atoms with Gasteiger partial charge in [0.05, 0.1) is 25.4 Å². The molecule has 65 heavy (non-hydrogen) atoms. The Hall–Kier alpha value is -1.40. The lowest BCUT2D eigenvalue weighted by atomic mass is 10.0. The molecular weight excluding hydrogens is 803 g/mol. The van der Waals surface area contributed by atoms with E-state index in [9.17, 15) is 19.8 Å². The summed E-state index contributed by atoms with van der Waals surface area (Å²) in [6, 6.07) is -0.542. The average Bonchev–Trinajstić information content (AvgIpc) is 3.31. The number of amides is 1. The second kappa shape index (κ2) is 55.2. The van der Waals surface area contributed by atoms with Crippen molar-refractivity contribution in [2.75, 3.05) is 13.2 Å². The summed E-state index contributed by atoms with van der Waals surface area (Å²) < 4.78 is 5.47. The van der Waals surface area contributed by atoms with Crippen LogP contribution in [0, 0.1) is 0 Å². The largest absolute Gasteiger partial charge is 0.466 e. The van der Waals surface area contributed by atoms with Crippen LogP contribution in [0.4, 0.5) is 0 Å². The molecule has 0 saturated carbocycles. The van der Waals surface area contributed by atoms with Gasteiger partial charge in [-0.3, -0.25) is 9.59 Å². The van der Waals surface area contributed by atoms with Gasteiger partial charge in [0.15, 0.2) is 0 Å². The number of hydrogen-bond donors (Lipinski definition) is 3. The fourth-order valence-electron chi connectivity index (χ4n) is 9.28. The van der Waals surface area contributed by atoms with Crippen molar-refractivity contribution in [2.45, 2.75) is 341 Å². The average molecular weight is 919 g/mol. The molecule has 0 saturated heterocycles. The molecule has 0 rings (SSSR count). The Morgan fingerprint density at radius 1 is 0.415 bits per heavy atom. The number of rotatable bonds is 55. The quantitative estimate of drug-likeness (QED) is 0.0321. The van der Waals surface area contributed by atoms with Crippen LogP contribution in [0.25, 0.3) is 0 Å². The zero-order valence-electron chi connectivity index (χ0n) is 44.0. The van der Waals surface area contributed by atoms with E-state index >= 15 is 0 Å². The van der Waals surface area contributed by atoms with Crippen molar-refractivity contribution < 1.29 is 24.5 Å². The van der Waals surface area contributed by atoms with Gasteiger partial charge < -0.3 is 20.3 Å². The summed E-state index contributed by atoms with van der Waals surface area (Å²) in [5.74, 6) is -0.0329. The fourth-order valence-corrected chi connectivity index (χ4v) is 9.28. The molecule has 0 aliphatic rings. The Morgan fingerprint density at radius 2 is 0.723 bits per heavy atom. The lowest BCUT2D eigenvalue weighted by molar-refractivity contribution is -0.143. The van der Waals surface area contributed by atoms with Crippen LogP contribution in [0.15, 0.2) is 12.2 Å². The van der Waals surface area contributed by atoms with Crippen LogP contribution in [0.3, 0.4) is 0 Å². The van der Waals surface area contributed by atoms with Crippen molar-refractivity contribution in [1.82, 2.24) is 5.32 Å². The highest BCUT2D eigenvalue weighted by Gasteiger charge is 2.20. The molecule has 0 fully saturated rings. The smallest absolute Gasteiger partial charge is 0.305 e. The van der Waals surface area contributed by atoms with Crippen molar-refractivity contribution in [3.05, 3.63) is 12.2 Å². The SMILES string of the molecule is CCCCCC/C=C\CCCCCCCC(=O)OCCCCCCCCCCCCCCCCCCCCCCC(=O)NC(CO)C(O)CCCCCCCCCCCCCCCCC. The third kappa shape index (κ3) is 51.8. The Bertz CT molecular complexity index is 970. The highest BCUT2D eigenvalue weighted by Crippen LogP contribution is 2.18. The number of esters is 1. The van der Waals surface area contributed by atoms with E-state index in [2.05, 4.69) is 31.3 Å². The van der Waals surface area contributed by atoms with Crippen molar-refractivity contribution in [3.8, 4) is 0 Å². The number of carbonyl (C=O) groups is 2. The van der Waals surface area contributed by atoms with Gasteiger partial charge in [0.25, 0.3) is 0 Å². The molecule has 0 bridgehead atoms. The van der Waals surface area contributed by atoms with Gasteiger partial charge in [0.1, 0.15) is 0 Å². The second-order valence-electron chi connectivity index (χ2n) is 20.3. The molecule has 0 spiro atoms. The number of unbranched alkanes of at least 4 members (excludes halogenated alkanes) is 42. The minimum Gasteiger partial charge on any atom is -0.466 e. The summed E-state index contributed by atoms with van der Waals surface area (Å²) in [5, 5.41) is 23.3. The first-order chi connectivity index (χ1) is 32.0. The van der Waals surface area contributed by atoms with Crippen LogP contribution in [0.1, 0.15) is 328 Å². The summed E-state index contributed by atoms with van der Waals surface area (Å²) in [4.78, 5) is 24.5. The van der Waals surface area contributed by atoms with Crippen LogP contribution in [0.5, 0.6) is 0 Å². The molecule has 0 radical (unpaired) electrons. The number of hydrogen-bond acceptors (Lipinski definition) is 5. The van der Waals surface area contributed by atoms with E-state index in [0.29, 0.717) is 25.9 Å². The van der Waals surface area contributed by atoms with E-state index in [0.717, 1.165) is 44.9 Å². The Labute approximate surface area is 406 Å². The van der Waals surface area contributed by atoms with Gasteiger partial charge in [0.2, 0.25) is 5.91 Å². The zero-order chi connectivity index (χ0) is 47.2. The standard InChI is InChI=1S/C59H115NO5/c1-3-5-7-9-11-13-15-17-24-28-31-35-39-43-47-51-57(62)56(55-61)60-58(63)52-48-44-40-36-32-29-25-22-20-18-19-21-23-26-30-34-38-42-46-50-54-65-59(64)53-49-45-41-37-33-27-16-14-12-10-8-6-4-2/h14,16,56-57,61-62H,3-13,15,17-55H2,1-2H3,(H,60,63)/b16-14-. The van der Waals surface area contributed by atoms with Crippen LogP contribution in [-0.2, 0) is 14.3 Å². The summed E-state index contributed by atoms with van der Waals surface area (Å²) in [7, 11) is 0. The number of aliphatic hydroxyl groups excluding tert-OH is 2. The van der Waals surface area contributed by atoms with E-state index < -0.39 is 12.1 Å². The Morgan fingerprint density at radius 3 is 1.11 bits per heavy atom. The Balaban J connectivity index is 3.39. The minimum absolute atomic E-state index is 0.00189. The summed E-state index contributed by atoms with van der Waals surface area (Å²) in [6.07, 6.45) is 64.9. The van der Waals surface area contributed by atoms with Gasteiger partial charge in [-0.15, -0.1) is 0 Å². The molecule has 6 nitrogen and oxygen atoms in total. The van der Waals surface area contributed by atoms with E-state index in [1.54, 1.807) is 0 Å². The molecular formula is C59H115NO5. The molecule has 0 aliphatic carbocycles. The highest BCUT2D eigenvalue weighted by molar-refractivity contribution is 5.76. The maximum absolute atomic E-state index is 12.5. The van der Waals surface area contributed by atoms with Crippen molar-refractivity contribution in [2.24, 2.45) is 0 Å². The van der Waals surface area contributed by atoms with Gasteiger partial charge in [-0.25, -0.2) is 0 Å². The summed E-state index contributed by atoms with van der Waals surface area (Å²) in [5.41, 5.74) is 0. The first-order valence-corrected chi connectivity index (χ1v) is 29.4. The van der Waals surface area contributed by atoms with E-state index in [4.69, 9.17) is 4.74 Å². The van der Waals surface area contributed by atoms with E-state index in [1.807, 2.05) is 0 Å².